The Morgan fingerprint density at radius 2 is 1.68 bits per heavy atom. The number of rotatable bonds is 5. The summed E-state index contributed by atoms with van der Waals surface area (Å²) in [5.74, 6) is 0.178. The van der Waals surface area contributed by atoms with Crippen molar-refractivity contribution in [1.82, 2.24) is 19.4 Å². The molecule has 0 spiro atoms. The van der Waals surface area contributed by atoms with E-state index >= 15 is 0 Å². The predicted molar refractivity (Wildman–Crippen MR) is 135 cm³/mol. The van der Waals surface area contributed by atoms with Crippen LogP contribution in [0.25, 0.3) is 10.9 Å². The molecule has 1 N–H and O–H groups in total. The van der Waals surface area contributed by atoms with Crippen molar-refractivity contribution in [2.75, 3.05) is 26.2 Å². The van der Waals surface area contributed by atoms with Gasteiger partial charge in [0.25, 0.3) is 17.2 Å². The maximum absolute atomic E-state index is 13.2. The van der Waals surface area contributed by atoms with Crippen LogP contribution in [0, 0.1) is 16.0 Å². The zero-order chi connectivity index (χ0) is 26.1. The minimum atomic E-state index is -0.700. The van der Waals surface area contributed by atoms with Crippen molar-refractivity contribution in [2.24, 2.45) is 5.92 Å². The second-order valence-electron chi connectivity index (χ2n) is 9.60. The van der Waals surface area contributed by atoms with Gasteiger partial charge in [-0.05, 0) is 36.6 Å². The first-order valence-corrected chi connectivity index (χ1v) is 12.4. The number of carbonyl (C=O) groups excluding carboxylic acids is 2. The van der Waals surface area contributed by atoms with E-state index in [0.29, 0.717) is 37.3 Å². The lowest BCUT2D eigenvalue weighted by Crippen LogP contribution is -2.51. The fraction of sp³-hybridized carbons (Fsp3) is 0.385. The van der Waals surface area contributed by atoms with Crippen LogP contribution in [0.4, 0.5) is 5.69 Å². The molecule has 2 heterocycles. The van der Waals surface area contributed by atoms with Gasteiger partial charge in [-0.3, -0.25) is 34.0 Å². The number of nitrogens with zero attached hydrogens (tertiary/aromatic N) is 4. The van der Waals surface area contributed by atoms with Crippen LogP contribution < -0.4 is 11.2 Å². The first-order valence-electron chi connectivity index (χ1n) is 12.4. The van der Waals surface area contributed by atoms with Crippen LogP contribution in [-0.2, 0) is 11.3 Å². The molecular weight excluding hydrogens is 478 g/mol. The zero-order valence-electron chi connectivity index (χ0n) is 20.2. The minimum Gasteiger partial charge on any atom is -0.339 e. The maximum atomic E-state index is 13.2. The zero-order valence-corrected chi connectivity index (χ0v) is 20.2. The number of nitro benzene ring substituents is 1. The Hall–Kier alpha value is -4.28. The summed E-state index contributed by atoms with van der Waals surface area (Å²) in [4.78, 5) is 67.1. The molecule has 1 aliphatic heterocycles. The summed E-state index contributed by atoms with van der Waals surface area (Å²) in [6, 6.07) is 10.7. The molecule has 2 amide bonds. The van der Waals surface area contributed by atoms with Crippen molar-refractivity contribution >= 4 is 28.4 Å². The molecule has 1 saturated carbocycles. The summed E-state index contributed by atoms with van der Waals surface area (Å²) < 4.78 is 1.32. The van der Waals surface area contributed by atoms with Crippen molar-refractivity contribution < 1.29 is 14.5 Å². The smallest absolute Gasteiger partial charge is 0.329 e. The number of fused-ring (bicyclic) bond motifs is 1. The lowest BCUT2D eigenvalue weighted by atomic mass is 10.1. The first kappa shape index (κ1) is 24.4. The third-order valence-electron chi connectivity index (χ3n) is 7.29. The van der Waals surface area contributed by atoms with E-state index in [0.717, 1.165) is 31.7 Å². The molecule has 11 heteroatoms. The standard InChI is InChI=1S/C26H27N5O6/c32-23-21-15-20(31(36)37)8-9-22(21)30(26(35)27-23)16-17-4-3-7-19(14-17)25(34)29-12-10-28(11-13-29)24(33)18-5-1-2-6-18/h3-4,7-9,14-15,18H,1-2,5-6,10-13,16H2,(H,27,32,35). The van der Waals surface area contributed by atoms with E-state index in [4.69, 9.17) is 0 Å². The summed E-state index contributed by atoms with van der Waals surface area (Å²) in [6.45, 7) is 2.03. The van der Waals surface area contributed by atoms with Gasteiger partial charge in [-0.25, -0.2) is 4.79 Å². The molecule has 3 aromatic rings. The number of hydrogen-bond acceptors (Lipinski definition) is 6. The molecule has 1 saturated heterocycles. The number of carbonyl (C=O) groups is 2. The van der Waals surface area contributed by atoms with Gasteiger partial charge in [-0.1, -0.05) is 25.0 Å². The van der Waals surface area contributed by atoms with Gasteiger partial charge in [0.05, 0.1) is 22.4 Å². The van der Waals surface area contributed by atoms with Gasteiger partial charge in [-0.15, -0.1) is 0 Å². The van der Waals surface area contributed by atoms with Crippen LogP contribution in [0.15, 0.2) is 52.1 Å². The molecule has 2 aromatic carbocycles. The van der Waals surface area contributed by atoms with Gasteiger partial charge >= 0.3 is 5.69 Å². The van der Waals surface area contributed by atoms with Gasteiger partial charge in [0.2, 0.25) is 5.91 Å². The predicted octanol–water partition coefficient (Wildman–Crippen LogP) is 2.12. The highest BCUT2D eigenvalue weighted by Crippen LogP contribution is 2.27. The Morgan fingerprint density at radius 3 is 2.38 bits per heavy atom. The molecule has 5 rings (SSSR count). The lowest BCUT2D eigenvalue weighted by molar-refractivity contribution is -0.384. The first-order chi connectivity index (χ1) is 17.8. The topological polar surface area (TPSA) is 139 Å². The fourth-order valence-corrected chi connectivity index (χ4v) is 5.28. The normalized spacial score (nSPS) is 16.3. The number of benzene rings is 2. The molecule has 0 radical (unpaired) electrons. The number of H-pyrrole nitrogens is 1. The van der Waals surface area contributed by atoms with E-state index in [9.17, 15) is 29.3 Å². The highest BCUT2D eigenvalue weighted by molar-refractivity contribution is 5.94. The molecular formula is C26H27N5O6. The third-order valence-corrected chi connectivity index (χ3v) is 7.29. The molecule has 2 aliphatic rings. The van der Waals surface area contributed by atoms with Gasteiger partial charge in [0.15, 0.2) is 0 Å². The van der Waals surface area contributed by atoms with Crippen molar-refractivity contribution in [1.29, 1.82) is 0 Å². The van der Waals surface area contributed by atoms with E-state index in [1.807, 2.05) is 4.90 Å². The highest BCUT2D eigenvalue weighted by Gasteiger charge is 2.30. The molecule has 0 atom stereocenters. The lowest BCUT2D eigenvalue weighted by Gasteiger charge is -2.36. The molecule has 0 unspecified atom stereocenters. The van der Waals surface area contributed by atoms with Crippen molar-refractivity contribution in [3.63, 3.8) is 0 Å². The van der Waals surface area contributed by atoms with Gasteiger partial charge in [0, 0.05) is 49.8 Å². The van der Waals surface area contributed by atoms with E-state index in [2.05, 4.69) is 4.98 Å². The van der Waals surface area contributed by atoms with Crippen LogP contribution >= 0.6 is 0 Å². The highest BCUT2D eigenvalue weighted by atomic mass is 16.6. The third kappa shape index (κ3) is 4.89. The summed E-state index contributed by atoms with van der Waals surface area (Å²) in [5, 5.41) is 11.1. The van der Waals surface area contributed by atoms with E-state index < -0.39 is 16.2 Å². The van der Waals surface area contributed by atoms with Crippen LogP contribution in [-0.4, -0.2) is 62.3 Å². The van der Waals surface area contributed by atoms with Crippen LogP contribution in [0.3, 0.4) is 0 Å². The molecule has 37 heavy (non-hydrogen) atoms. The summed E-state index contributed by atoms with van der Waals surface area (Å²) >= 11 is 0. The number of aromatic nitrogens is 2. The summed E-state index contributed by atoms with van der Waals surface area (Å²) in [6.07, 6.45) is 4.11. The van der Waals surface area contributed by atoms with Crippen molar-refractivity contribution in [3.8, 4) is 0 Å². The average molecular weight is 506 g/mol. The largest absolute Gasteiger partial charge is 0.339 e. The van der Waals surface area contributed by atoms with Crippen LogP contribution in [0.5, 0.6) is 0 Å². The molecule has 0 bridgehead atoms. The Balaban J connectivity index is 1.33. The molecule has 1 aliphatic carbocycles. The molecule has 11 nitrogen and oxygen atoms in total. The average Bonchev–Trinajstić information content (AvgIpc) is 3.45. The Bertz CT molecular complexity index is 1500. The Morgan fingerprint density at radius 1 is 0.973 bits per heavy atom. The van der Waals surface area contributed by atoms with Crippen LogP contribution in [0.1, 0.15) is 41.6 Å². The summed E-state index contributed by atoms with van der Waals surface area (Å²) in [5.41, 5.74) is -0.208. The number of amides is 2. The maximum Gasteiger partial charge on any atom is 0.329 e. The Kier molecular flexibility index (Phi) is 6.60. The SMILES string of the molecule is O=C(c1cccc(Cn2c(=O)[nH]c(=O)c3cc([N+](=O)[O-])ccc32)c1)N1CCN(C(=O)C2CCCC2)CC1. The van der Waals surface area contributed by atoms with Crippen molar-refractivity contribution in [2.45, 2.75) is 32.2 Å². The van der Waals surface area contributed by atoms with Crippen molar-refractivity contribution in [3.05, 3.63) is 84.5 Å². The summed E-state index contributed by atoms with van der Waals surface area (Å²) in [7, 11) is 0. The number of non-ortho nitro benzene ring substituents is 1. The van der Waals surface area contributed by atoms with E-state index in [1.165, 1.54) is 16.7 Å². The van der Waals surface area contributed by atoms with Gasteiger partial charge in [-0.2, -0.15) is 0 Å². The van der Waals surface area contributed by atoms with Gasteiger partial charge in [0.1, 0.15) is 0 Å². The van der Waals surface area contributed by atoms with E-state index in [1.54, 1.807) is 29.2 Å². The quantitative estimate of drug-likeness (QED) is 0.416. The molecule has 2 fully saturated rings. The second kappa shape index (κ2) is 10.00. The monoisotopic (exact) mass is 505 g/mol. The molecule has 1 aromatic heterocycles. The van der Waals surface area contributed by atoms with Gasteiger partial charge < -0.3 is 9.80 Å². The number of piperazine rings is 1. The van der Waals surface area contributed by atoms with E-state index in [-0.39, 0.29) is 40.9 Å². The number of hydrogen-bond donors (Lipinski definition) is 1. The van der Waals surface area contributed by atoms with Crippen LogP contribution in [0.2, 0.25) is 0 Å². The minimum absolute atomic E-state index is 0.0334. The second-order valence-corrected chi connectivity index (χ2v) is 9.60. The number of nitro groups is 1. The molecule has 192 valence electrons. The fourth-order valence-electron chi connectivity index (χ4n) is 5.28. The number of nitrogens with one attached hydrogen (secondary N) is 1. The number of aromatic amines is 1. The Labute approximate surface area is 211 Å².